The lowest BCUT2D eigenvalue weighted by atomic mass is 9.87. The van der Waals surface area contributed by atoms with E-state index in [1.54, 1.807) is 12.4 Å². The lowest BCUT2D eigenvalue weighted by molar-refractivity contribution is -0.137. The first-order valence-electron chi connectivity index (χ1n) is 11.6. The molecule has 4 heterocycles. The van der Waals surface area contributed by atoms with Crippen molar-refractivity contribution in [2.45, 2.75) is 64.3 Å². The van der Waals surface area contributed by atoms with Gasteiger partial charge in [0.05, 0.1) is 12.2 Å². The van der Waals surface area contributed by atoms with E-state index < -0.39 is 0 Å². The van der Waals surface area contributed by atoms with Crippen LogP contribution in [0.5, 0.6) is 0 Å². The summed E-state index contributed by atoms with van der Waals surface area (Å²) in [5.41, 5.74) is 3.29. The standard InChI is InChI=1S/C24H31N5O/c30-24(19-7-3-1-4-8-19)29-16-11-21-20(17-29)23(28-14-5-2-6-15-28)27-22(26-21)18-9-12-25-13-10-18/h9-10,12-13,19H,1-8,11,14-17H2. The summed E-state index contributed by atoms with van der Waals surface area (Å²) < 4.78 is 0. The summed E-state index contributed by atoms with van der Waals surface area (Å²) in [4.78, 5) is 31.8. The van der Waals surface area contributed by atoms with Crippen molar-refractivity contribution in [1.82, 2.24) is 19.9 Å². The maximum absolute atomic E-state index is 13.2. The zero-order valence-corrected chi connectivity index (χ0v) is 17.7. The molecule has 1 saturated carbocycles. The number of aromatic nitrogens is 3. The average molecular weight is 406 g/mol. The lowest BCUT2D eigenvalue weighted by Crippen LogP contribution is -2.42. The predicted molar refractivity (Wildman–Crippen MR) is 117 cm³/mol. The molecule has 6 heteroatoms. The SMILES string of the molecule is O=C(C1CCCCC1)N1CCc2nc(-c3ccncc3)nc(N3CCCCC3)c2C1. The van der Waals surface area contributed by atoms with Crippen LogP contribution in [-0.2, 0) is 17.8 Å². The van der Waals surface area contributed by atoms with E-state index in [1.807, 2.05) is 12.1 Å². The van der Waals surface area contributed by atoms with Crippen molar-refractivity contribution < 1.29 is 4.79 Å². The Balaban J connectivity index is 1.48. The summed E-state index contributed by atoms with van der Waals surface area (Å²) in [6, 6.07) is 3.95. The van der Waals surface area contributed by atoms with E-state index in [-0.39, 0.29) is 5.92 Å². The molecular formula is C24H31N5O. The van der Waals surface area contributed by atoms with E-state index in [0.29, 0.717) is 12.5 Å². The van der Waals surface area contributed by atoms with Gasteiger partial charge in [0.25, 0.3) is 0 Å². The van der Waals surface area contributed by atoms with Crippen molar-refractivity contribution in [3.63, 3.8) is 0 Å². The van der Waals surface area contributed by atoms with Crippen LogP contribution in [0.25, 0.3) is 11.4 Å². The third-order valence-corrected chi connectivity index (χ3v) is 6.90. The maximum atomic E-state index is 13.2. The Morgan fingerprint density at radius 2 is 1.63 bits per heavy atom. The van der Waals surface area contributed by atoms with Crippen LogP contribution in [0.2, 0.25) is 0 Å². The van der Waals surface area contributed by atoms with Crippen molar-refractivity contribution >= 4 is 11.7 Å². The predicted octanol–water partition coefficient (Wildman–Crippen LogP) is 3.99. The molecular weight excluding hydrogens is 374 g/mol. The first-order valence-corrected chi connectivity index (χ1v) is 11.6. The van der Waals surface area contributed by atoms with E-state index in [1.165, 1.54) is 44.1 Å². The minimum atomic E-state index is 0.218. The minimum absolute atomic E-state index is 0.218. The van der Waals surface area contributed by atoms with Gasteiger partial charge in [-0.2, -0.15) is 0 Å². The van der Waals surface area contributed by atoms with Gasteiger partial charge < -0.3 is 9.80 Å². The molecule has 2 fully saturated rings. The zero-order chi connectivity index (χ0) is 20.3. The molecule has 5 rings (SSSR count). The second-order valence-corrected chi connectivity index (χ2v) is 8.92. The zero-order valence-electron chi connectivity index (χ0n) is 17.7. The number of fused-ring (bicyclic) bond motifs is 1. The van der Waals surface area contributed by atoms with Crippen molar-refractivity contribution in [3.8, 4) is 11.4 Å². The highest BCUT2D eigenvalue weighted by atomic mass is 16.2. The number of carbonyl (C=O) groups is 1. The summed E-state index contributed by atoms with van der Waals surface area (Å²) in [7, 11) is 0. The summed E-state index contributed by atoms with van der Waals surface area (Å²) in [6.07, 6.45) is 13.9. The molecule has 0 N–H and O–H groups in total. The minimum Gasteiger partial charge on any atom is -0.356 e. The Labute approximate surface area is 178 Å². The first-order chi connectivity index (χ1) is 14.8. The molecule has 0 unspecified atom stereocenters. The van der Waals surface area contributed by atoms with Crippen LogP contribution < -0.4 is 4.90 Å². The molecule has 158 valence electrons. The number of rotatable bonds is 3. The third kappa shape index (κ3) is 3.92. The number of piperidine rings is 1. The molecule has 1 saturated heterocycles. The smallest absolute Gasteiger partial charge is 0.225 e. The highest BCUT2D eigenvalue weighted by Gasteiger charge is 2.32. The number of pyridine rings is 1. The molecule has 0 atom stereocenters. The molecule has 2 aliphatic heterocycles. The monoisotopic (exact) mass is 405 g/mol. The number of carbonyl (C=O) groups excluding carboxylic acids is 1. The van der Waals surface area contributed by atoms with Crippen molar-refractivity contribution in [3.05, 3.63) is 35.8 Å². The van der Waals surface area contributed by atoms with E-state index in [0.717, 1.165) is 61.8 Å². The molecule has 1 aliphatic carbocycles. The van der Waals surface area contributed by atoms with E-state index in [2.05, 4.69) is 14.8 Å². The Morgan fingerprint density at radius 3 is 2.40 bits per heavy atom. The number of amides is 1. The fraction of sp³-hybridized carbons (Fsp3) is 0.583. The molecule has 2 aromatic heterocycles. The summed E-state index contributed by atoms with van der Waals surface area (Å²) >= 11 is 0. The third-order valence-electron chi connectivity index (χ3n) is 6.90. The molecule has 0 bridgehead atoms. The van der Waals surface area contributed by atoms with Gasteiger partial charge in [-0.1, -0.05) is 19.3 Å². The van der Waals surface area contributed by atoms with Crippen molar-refractivity contribution in [2.24, 2.45) is 5.92 Å². The van der Waals surface area contributed by atoms with Gasteiger partial charge in [-0.25, -0.2) is 9.97 Å². The fourth-order valence-electron chi connectivity index (χ4n) is 5.19. The van der Waals surface area contributed by atoms with Gasteiger partial charge in [0, 0.05) is 55.5 Å². The molecule has 0 radical (unpaired) electrons. The summed E-state index contributed by atoms with van der Waals surface area (Å²) in [5, 5.41) is 0. The Kier molecular flexibility index (Phi) is 5.65. The van der Waals surface area contributed by atoms with E-state index in [9.17, 15) is 4.79 Å². The molecule has 3 aliphatic rings. The Morgan fingerprint density at radius 1 is 0.900 bits per heavy atom. The van der Waals surface area contributed by atoms with E-state index >= 15 is 0 Å². The van der Waals surface area contributed by atoms with Crippen LogP contribution in [-0.4, -0.2) is 45.4 Å². The van der Waals surface area contributed by atoms with Crippen LogP contribution in [0.1, 0.15) is 62.6 Å². The van der Waals surface area contributed by atoms with Gasteiger partial charge in [0.2, 0.25) is 5.91 Å². The number of anilines is 1. The van der Waals surface area contributed by atoms with Crippen LogP contribution in [0, 0.1) is 5.92 Å². The van der Waals surface area contributed by atoms with Crippen LogP contribution >= 0.6 is 0 Å². The lowest BCUT2D eigenvalue weighted by Gasteiger charge is -2.36. The molecule has 30 heavy (non-hydrogen) atoms. The fourth-order valence-corrected chi connectivity index (χ4v) is 5.19. The highest BCUT2D eigenvalue weighted by molar-refractivity contribution is 5.79. The van der Waals surface area contributed by atoms with Gasteiger partial charge in [-0.05, 0) is 44.2 Å². The Bertz CT molecular complexity index is 888. The summed E-state index contributed by atoms with van der Waals surface area (Å²) in [6.45, 7) is 3.51. The van der Waals surface area contributed by atoms with Crippen LogP contribution in [0.3, 0.4) is 0 Å². The number of hydrogen-bond donors (Lipinski definition) is 0. The van der Waals surface area contributed by atoms with Gasteiger partial charge in [-0.15, -0.1) is 0 Å². The molecule has 2 aromatic rings. The molecule has 0 aromatic carbocycles. The molecule has 1 amide bonds. The number of nitrogens with zero attached hydrogens (tertiary/aromatic N) is 5. The molecule has 6 nitrogen and oxygen atoms in total. The quantitative estimate of drug-likeness (QED) is 0.773. The van der Waals surface area contributed by atoms with Crippen LogP contribution in [0.15, 0.2) is 24.5 Å². The number of hydrogen-bond acceptors (Lipinski definition) is 5. The second-order valence-electron chi connectivity index (χ2n) is 8.92. The summed E-state index contributed by atoms with van der Waals surface area (Å²) in [5.74, 6) is 2.40. The topological polar surface area (TPSA) is 62.2 Å². The van der Waals surface area contributed by atoms with Gasteiger partial charge in [0.15, 0.2) is 5.82 Å². The largest absolute Gasteiger partial charge is 0.356 e. The Hall–Kier alpha value is -2.50. The first kappa shape index (κ1) is 19.5. The van der Waals surface area contributed by atoms with Gasteiger partial charge in [-0.3, -0.25) is 9.78 Å². The second kappa shape index (κ2) is 8.70. The maximum Gasteiger partial charge on any atom is 0.225 e. The van der Waals surface area contributed by atoms with Crippen molar-refractivity contribution in [2.75, 3.05) is 24.5 Å². The van der Waals surface area contributed by atoms with Crippen molar-refractivity contribution in [1.29, 1.82) is 0 Å². The van der Waals surface area contributed by atoms with E-state index in [4.69, 9.17) is 9.97 Å². The molecule has 0 spiro atoms. The average Bonchev–Trinajstić information content (AvgIpc) is 2.84. The van der Waals surface area contributed by atoms with Gasteiger partial charge in [0.1, 0.15) is 5.82 Å². The van der Waals surface area contributed by atoms with Crippen LogP contribution in [0.4, 0.5) is 5.82 Å². The normalized spacial score (nSPS) is 20.1. The highest BCUT2D eigenvalue weighted by Crippen LogP contribution is 2.33. The van der Waals surface area contributed by atoms with Gasteiger partial charge >= 0.3 is 0 Å².